The second-order valence-corrected chi connectivity index (χ2v) is 7.67. The molecule has 0 unspecified atom stereocenters. The van der Waals surface area contributed by atoms with Gasteiger partial charge >= 0.3 is 17.4 Å². The first-order chi connectivity index (χ1) is 17.0. The summed E-state index contributed by atoms with van der Waals surface area (Å²) >= 11 is 0. The Balaban J connectivity index is 1.55. The van der Waals surface area contributed by atoms with Crippen LogP contribution in [-0.2, 0) is 5.79 Å². The Morgan fingerprint density at radius 3 is 2.03 bits per heavy atom. The van der Waals surface area contributed by atoms with Crippen LogP contribution in [0.3, 0.4) is 0 Å². The maximum Gasteiger partial charge on any atom is 0.344 e. The highest BCUT2D eigenvalue weighted by Gasteiger charge is 2.47. The number of nitrogens with zero attached hydrogens (tertiary/aromatic N) is 1. The zero-order valence-corrected chi connectivity index (χ0v) is 18.5. The van der Waals surface area contributed by atoms with E-state index in [1.54, 1.807) is 6.07 Å². The molecule has 1 heterocycles. The molecule has 0 fully saturated rings. The van der Waals surface area contributed by atoms with Crippen molar-refractivity contribution < 1.29 is 28.7 Å². The second kappa shape index (κ2) is 8.83. The third-order valence-electron chi connectivity index (χ3n) is 5.55. The van der Waals surface area contributed by atoms with E-state index in [1.165, 1.54) is 37.4 Å². The number of hydrogen-bond acceptors (Lipinski definition) is 7. The molecule has 0 N–H and O–H groups in total. The normalized spacial score (nSPS) is 13.2. The summed E-state index contributed by atoms with van der Waals surface area (Å²) in [7, 11) is 1.45. The Morgan fingerprint density at radius 1 is 0.829 bits per heavy atom. The molecule has 4 aromatic carbocycles. The van der Waals surface area contributed by atoms with Crippen molar-refractivity contribution in [2.24, 2.45) is 0 Å². The number of benzene rings is 4. The molecule has 0 amide bonds. The van der Waals surface area contributed by atoms with E-state index in [9.17, 15) is 14.9 Å². The number of ether oxygens (including phenoxy) is 4. The summed E-state index contributed by atoms with van der Waals surface area (Å²) in [5.74, 6) is -1.43. The molecule has 0 saturated heterocycles. The van der Waals surface area contributed by atoms with Crippen LogP contribution in [0.1, 0.15) is 21.5 Å². The van der Waals surface area contributed by atoms with Crippen molar-refractivity contribution in [1.29, 1.82) is 0 Å². The van der Waals surface area contributed by atoms with Crippen LogP contribution in [0, 0.1) is 10.1 Å². The lowest BCUT2D eigenvalue weighted by Gasteiger charge is -2.28. The number of hydrogen-bond donors (Lipinski definition) is 0. The average molecular weight is 469 g/mol. The summed E-state index contributed by atoms with van der Waals surface area (Å²) in [6.45, 7) is 0. The Hall–Kier alpha value is -4.85. The topological polar surface area (TPSA) is 97.1 Å². The van der Waals surface area contributed by atoms with E-state index in [2.05, 4.69) is 0 Å². The van der Waals surface area contributed by atoms with Gasteiger partial charge in [0.25, 0.3) is 0 Å². The van der Waals surface area contributed by atoms with E-state index in [1.807, 2.05) is 60.7 Å². The third-order valence-corrected chi connectivity index (χ3v) is 5.55. The predicted octanol–water partition coefficient (Wildman–Crippen LogP) is 5.50. The lowest BCUT2D eigenvalue weighted by molar-refractivity contribution is -0.385. The number of esters is 1. The van der Waals surface area contributed by atoms with Crippen molar-refractivity contribution in [3.63, 3.8) is 0 Å². The highest BCUT2D eigenvalue weighted by molar-refractivity contribution is 5.93. The van der Waals surface area contributed by atoms with E-state index in [4.69, 9.17) is 18.9 Å². The smallest absolute Gasteiger partial charge is 0.344 e. The van der Waals surface area contributed by atoms with Gasteiger partial charge in [0.1, 0.15) is 0 Å². The minimum atomic E-state index is -1.31. The van der Waals surface area contributed by atoms with E-state index >= 15 is 0 Å². The van der Waals surface area contributed by atoms with Crippen LogP contribution in [0.4, 0.5) is 5.69 Å². The molecule has 174 valence electrons. The Labute approximate surface area is 200 Å². The van der Waals surface area contributed by atoms with E-state index < -0.39 is 16.7 Å². The van der Waals surface area contributed by atoms with Gasteiger partial charge < -0.3 is 18.9 Å². The van der Waals surface area contributed by atoms with Crippen LogP contribution in [0.15, 0.2) is 97.1 Å². The summed E-state index contributed by atoms with van der Waals surface area (Å²) in [5, 5.41) is 11.3. The highest BCUT2D eigenvalue weighted by atomic mass is 16.7. The Kier molecular flexibility index (Phi) is 5.54. The number of carbonyl (C=O) groups excluding carboxylic acids is 1. The van der Waals surface area contributed by atoms with Crippen molar-refractivity contribution in [1.82, 2.24) is 0 Å². The molecule has 0 atom stereocenters. The van der Waals surface area contributed by atoms with E-state index in [-0.39, 0.29) is 28.5 Å². The molecule has 0 spiro atoms. The minimum Gasteiger partial charge on any atom is -0.493 e. The summed E-state index contributed by atoms with van der Waals surface area (Å²) in [5.41, 5.74) is 1.25. The molecule has 8 heteroatoms. The zero-order chi connectivity index (χ0) is 24.4. The van der Waals surface area contributed by atoms with Gasteiger partial charge in [0, 0.05) is 17.2 Å². The number of fused-ring (bicyclic) bond motifs is 1. The number of para-hydroxylation sites is 2. The van der Waals surface area contributed by atoms with Gasteiger partial charge in [-0.3, -0.25) is 10.1 Å². The van der Waals surface area contributed by atoms with Gasteiger partial charge in [0.05, 0.1) is 17.6 Å². The van der Waals surface area contributed by atoms with Gasteiger partial charge in [0.15, 0.2) is 11.5 Å². The molecule has 1 aliphatic heterocycles. The van der Waals surface area contributed by atoms with Gasteiger partial charge in [-0.1, -0.05) is 72.8 Å². The predicted molar refractivity (Wildman–Crippen MR) is 126 cm³/mol. The average Bonchev–Trinajstić information content (AvgIpc) is 3.30. The quantitative estimate of drug-likeness (QED) is 0.159. The molecular weight excluding hydrogens is 450 g/mol. The van der Waals surface area contributed by atoms with Crippen molar-refractivity contribution in [2.45, 2.75) is 5.79 Å². The lowest BCUT2D eigenvalue weighted by Crippen LogP contribution is -2.36. The van der Waals surface area contributed by atoms with Gasteiger partial charge in [-0.2, -0.15) is 0 Å². The first-order valence-electron chi connectivity index (χ1n) is 10.7. The Morgan fingerprint density at radius 2 is 1.43 bits per heavy atom. The molecule has 1 aliphatic rings. The fourth-order valence-electron chi connectivity index (χ4n) is 3.91. The largest absolute Gasteiger partial charge is 0.493 e. The van der Waals surface area contributed by atoms with Crippen LogP contribution in [-0.4, -0.2) is 18.0 Å². The molecule has 0 bridgehead atoms. The maximum absolute atomic E-state index is 13.0. The zero-order valence-electron chi connectivity index (χ0n) is 18.5. The molecular formula is C27H19NO7. The molecule has 5 rings (SSSR count). The maximum atomic E-state index is 13.0. The molecule has 35 heavy (non-hydrogen) atoms. The van der Waals surface area contributed by atoms with Crippen LogP contribution >= 0.6 is 0 Å². The first-order valence-corrected chi connectivity index (χ1v) is 10.7. The Bertz CT molecular complexity index is 1360. The molecule has 4 aromatic rings. The minimum absolute atomic E-state index is 0.0827. The molecule has 0 radical (unpaired) electrons. The summed E-state index contributed by atoms with van der Waals surface area (Å²) in [4.78, 5) is 23.6. The van der Waals surface area contributed by atoms with Crippen LogP contribution in [0.5, 0.6) is 23.0 Å². The molecule has 0 aromatic heterocycles. The number of methoxy groups -OCH3 is 1. The molecule has 0 saturated carbocycles. The van der Waals surface area contributed by atoms with Gasteiger partial charge in [-0.15, -0.1) is 0 Å². The van der Waals surface area contributed by atoms with Crippen molar-refractivity contribution in [3.8, 4) is 23.0 Å². The van der Waals surface area contributed by atoms with Crippen LogP contribution < -0.4 is 18.9 Å². The standard InChI is InChI=1S/C27H19NO7/c1-32-23-16-18(26(29)33-22-15-9-8-14-21(22)28(30)31)17-24-25(23)35-27(34-24,19-10-4-2-5-11-19)20-12-6-3-7-13-20/h2-17H,1H3. The van der Waals surface area contributed by atoms with Crippen LogP contribution in [0.25, 0.3) is 0 Å². The fourth-order valence-corrected chi connectivity index (χ4v) is 3.91. The van der Waals surface area contributed by atoms with Gasteiger partial charge in [-0.25, -0.2) is 4.79 Å². The van der Waals surface area contributed by atoms with Gasteiger partial charge in [0.2, 0.25) is 11.5 Å². The third kappa shape index (κ3) is 3.91. The van der Waals surface area contributed by atoms with Gasteiger partial charge in [-0.05, 0) is 18.2 Å². The van der Waals surface area contributed by atoms with Crippen molar-refractivity contribution in [3.05, 3.63) is 124 Å². The first kappa shape index (κ1) is 22.0. The van der Waals surface area contributed by atoms with Crippen LogP contribution in [0.2, 0.25) is 0 Å². The van der Waals surface area contributed by atoms with Crippen molar-refractivity contribution in [2.75, 3.05) is 7.11 Å². The summed E-state index contributed by atoms with van der Waals surface area (Å²) in [6.07, 6.45) is 0. The summed E-state index contributed by atoms with van der Waals surface area (Å²) in [6, 6.07) is 27.4. The number of nitro benzene ring substituents is 1. The van der Waals surface area contributed by atoms with E-state index in [0.717, 1.165) is 11.1 Å². The number of nitro groups is 1. The fraction of sp³-hybridized carbons (Fsp3) is 0.0741. The molecule has 8 nitrogen and oxygen atoms in total. The lowest BCUT2D eigenvalue weighted by atomic mass is 9.97. The highest BCUT2D eigenvalue weighted by Crippen LogP contribution is 2.52. The van der Waals surface area contributed by atoms with Crippen molar-refractivity contribution >= 4 is 11.7 Å². The number of carbonyl (C=O) groups is 1. The molecule has 0 aliphatic carbocycles. The summed E-state index contributed by atoms with van der Waals surface area (Å²) < 4.78 is 23.6. The van der Waals surface area contributed by atoms with E-state index in [0.29, 0.717) is 5.75 Å². The second-order valence-electron chi connectivity index (χ2n) is 7.67. The monoisotopic (exact) mass is 469 g/mol. The SMILES string of the molecule is COc1cc(C(=O)Oc2ccccc2[N+](=O)[O-])cc2c1OC(c1ccccc1)(c1ccccc1)O2. The number of rotatable bonds is 6.